The molecule has 1 heterocycles. The number of hydrogen-bond acceptors (Lipinski definition) is 5. The minimum atomic E-state index is -1.00. The fourth-order valence-corrected chi connectivity index (χ4v) is 3.20. The average molecular weight is 440 g/mol. The smallest absolute Gasteiger partial charge is 0.335 e. The highest BCUT2D eigenvalue weighted by Crippen LogP contribution is 2.16. The molecule has 0 aliphatic rings. The van der Waals surface area contributed by atoms with Crippen molar-refractivity contribution in [2.45, 2.75) is 39.3 Å². The molecule has 2 N–H and O–H groups in total. The SMILES string of the molecule is CCCc1nnn(CCOc2ccc(F)cc2)c1C(=O)N[C@@H](C)c1ccc(C(=O)O)cc1. The van der Waals surface area contributed by atoms with Crippen molar-refractivity contribution in [2.24, 2.45) is 0 Å². The van der Waals surface area contributed by atoms with Crippen molar-refractivity contribution >= 4 is 11.9 Å². The van der Waals surface area contributed by atoms with E-state index in [1.165, 1.54) is 41.1 Å². The van der Waals surface area contributed by atoms with Crippen LogP contribution >= 0.6 is 0 Å². The standard InChI is InChI=1S/C23H25FN4O4/c1-3-4-20-21(22(29)25-15(2)16-5-7-17(8-6-16)23(30)31)28(27-26-20)13-14-32-19-11-9-18(24)10-12-19/h5-12,15H,3-4,13-14H2,1-2H3,(H,25,29)(H,30,31)/t15-/m0/s1. The quantitative estimate of drug-likeness (QED) is 0.499. The molecule has 3 aromatic rings. The van der Waals surface area contributed by atoms with Gasteiger partial charge in [0.05, 0.1) is 23.8 Å². The third-order valence-electron chi connectivity index (χ3n) is 4.90. The first kappa shape index (κ1) is 22.9. The van der Waals surface area contributed by atoms with Crippen molar-refractivity contribution in [1.82, 2.24) is 20.3 Å². The Kier molecular flexibility index (Phi) is 7.54. The molecule has 0 radical (unpaired) electrons. The van der Waals surface area contributed by atoms with E-state index >= 15 is 0 Å². The topological polar surface area (TPSA) is 106 Å². The van der Waals surface area contributed by atoms with E-state index in [4.69, 9.17) is 9.84 Å². The molecular formula is C23H25FN4O4. The predicted octanol–water partition coefficient (Wildman–Crippen LogP) is 3.64. The van der Waals surface area contributed by atoms with Crippen molar-refractivity contribution in [3.63, 3.8) is 0 Å². The van der Waals surface area contributed by atoms with Crippen LogP contribution in [0.5, 0.6) is 5.75 Å². The summed E-state index contributed by atoms with van der Waals surface area (Å²) in [7, 11) is 0. The molecule has 3 rings (SSSR count). The monoisotopic (exact) mass is 440 g/mol. The third-order valence-corrected chi connectivity index (χ3v) is 4.90. The summed E-state index contributed by atoms with van der Waals surface area (Å²) in [4.78, 5) is 24.1. The summed E-state index contributed by atoms with van der Waals surface area (Å²) in [6.07, 6.45) is 1.40. The van der Waals surface area contributed by atoms with Gasteiger partial charge in [-0.25, -0.2) is 13.9 Å². The van der Waals surface area contributed by atoms with Crippen LogP contribution in [0, 0.1) is 5.82 Å². The summed E-state index contributed by atoms with van der Waals surface area (Å²) >= 11 is 0. The number of halogens is 1. The van der Waals surface area contributed by atoms with Gasteiger partial charge in [-0.3, -0.25) is 4.79 Å². The number of aromatic nitrogens is 3. The van der Waals surface area contributed by atoms with Crippen molar-refractivity contribution in [3.05, 3.63) is 76.9 Å². The minimum absolute atomic E-state index is 0.181. The number of rotatable bonds is 10. The Hall–Kier alpha value is -3.75. The predicted molar refractivity (Wildman–Crippen MR) is 115 cm³/mol. The van der Waals surface area contributed by atoms with Gasteiger partial charge in [-0.2, -0.15) is 0 Å². The number of carbonyl (C=O) groups is 2. The molecule has 0 saturated carbocycles. The molecule has 1 aromatic heterocycles. The molecule has 0 bridgehead atoms. The lowest BCUT2D eigenvalue weighted by Crippen LogP contribution is -2.30. The number of benzene rings is 2. The fraction of sp³-hybridized carbons (Fsp3) is 0.304. The highest BCUT2D eigenvalue weighted by molar-refractivity contribution is 5.94. The Bertz CT molecular complexity index is 1060. The van der Waals surface area contributed by atoms with Gasteiger partial charge in [0.2, 0.25) is 0 Å². The van der Waals surface area contributed by atoms with E-state index < -0.39 is 5.97 Å². The molecule has 0 spiro atoms. The van der Waals surface area contributed by atoms with Crippen LogP contribution in [0.4, 0.5) is 4.39 Å². The second-order valence-corrected chi connectivity index (χ2v) is 7.28. The highest BCUT2D eigenvalue weighted by Gasteiger charge is 2.22. The largest absolute Gasteiger partial charge is 0.492 e. The van der Waals surface area contributed by atoms with Gasteiger partial charge in [-0.15, -0.1) is 5.10 Å². The van der Waals surface area contributed by atoms with Crippen LogP contribution in [0.25, 0.3) is 0 Å². The Morgan fingerprint density at radius 3 is 2.47 bits per heavy atom. The number of aromatic carboxylic acids is 1. The van der Waals surface area contributed by atoms with E-state index in [0.717, 1.165) is 12.0 Å². The first-order chi connectivity index (χ1) is 15.4. The van der Waals surface area contributed by atoms with Crippen molar-refractivity contribution in [1.29, 1.82) is 0 Å². The molecular weight excluding hydrogens is 415 g/mol. The third kappa shape index (κ3) is 5.69. The van der Waals surface area contributed by atoms with Crippen LogP contribution in [-0.4, -0.2) is 38.6 Å². The maximum atomic E-state index is 13.1. The molecule has 168 valence electrons. The number of carboxylic acid groups (broad SMARTS) is 1. The van der Waals surface area contributed by atoms with Gasteiger partial charge in [0.25, 0.3) is 5.91 Å². The van der Waals surface area contributed by atoms with E-state index in [9.17, 15) is 14.0 Å². The molecule has 8 nitrogen and oxygen atoms in total. The Labute approximate surface area is 185 Å². The highest BCUT2D eigenvalue weighted by atomic mass is 19.1. The summed E-state index contributed by atoms with van der Waals surface area (Å²) in [5.74, 6) is -1.15. The van der Waals surface area contributed by atoms with Gasteiger partial charge in [0.15, 0.2) is 0 Å². The molecule has 9 heteroatoms. The molecule has 2 aromatic carbocycles. The number of amides is 1. The zero-order chi connectivity index (χ0) is 23.1. The van der Waals surface area contributed by atoms with Crippen LogP contribution in [0.2, 0.25) is 0 Å². The van der Waals surface area contributed by atoms with Crippen LogP contribution in [0.1, 0.15) is 58.4 Å². The lowest BCUT2D eigenvalue weighted by Gasteiger charge is -2.16. The van der Waals surface area contributed by atoms with E-state index in [2.05, 4.69) is 15.6 Å². The van der Waals surface area contributed by atoms with Gasteiger partial charge >= 0.3 is 5.97 Å². The summed E-state index contributed by atoms with van der Waals surface area (Å²) in [6, 6.07) is 11.7. The molecule has 0 aliphatic carbocycles. The first-order valence-corrected chi connectivity index (χ1v) is 10.3. The van der Waals surface area contributed by atoms with Crippen LogP contribution < -0.4 is 10.1 Å². The number of nitrogens with zero attached hydrogens (tertiary/aromatic N) is 3. The summed E-state index contributed by atoms with van der Waals surface area (Å²) in [5, 5.41) is 20.2. The van der Waals surface area contributed by atoms with Gasteiger partial charge in [-0.1, -0.05) is 30.7 Å². The second-order valence-electron chi connectivity index (χ2n) is 7.28. The molecule has 1 amide bonds. The number of nitrogens with one attached hydrogen (secondary N) is 1. The summed E-state index contributed by atoms with van der Waals surface area (Å²) in [5.41, 5.74) is 1.92. The van der Waals surface area contributed by atoms with Crippen LogP contribution in [0.15, 0.2) is 48.5 Å². The maximum absolute atomic E-state index is 13.1. The number of aryl methyl sites for hydroxylation is 1. The van der Waals surface area contributed by atoms with Gasteiger partial charge in [0.1, 0.15) is 23.9 Å². The van der Waals surface area contributed by atoms with E-state index in [-0.39, 0.29) is 29.9 Å². The molecule has 32 heavy (non-hydrogen) atoms. The van der Waals surface area contributed by atoms with E-state index in [1.807, 2.05) is 13.8 Å². The zero-order valence-electron chi connectivity index (χ0n) is 17.9. The minimum Gasteiger partial charge on any atom is -0.492 e. The maximum Gasteiger partial charge on any atom is 0.335 e. The molecule has 0 fully saturated rings. The normalized spacial score (nSPS) is 11.7. The molecule has 0 saturated heterocycles. The molecule has 1 atom stereocenters. The number of carbonyl (C=O) groups excluding carboxylic acids is 1. The van der Waals surface area contributed by atoms with Crippen molar-refractivity contribution < 1.29 is 23.8 Å². The van der Waals surface area contributed by atoms with Crippen LogP contribution in [-0.2, 0) is 13.0 Å². The average Bonchev–Trinajstić information content (AvgIpc) is 3.18. The van der Waals surface area contributed by atoms with Crippen molar-refractivity contribution in [2.75, 3.05) is 6.61 Å². The Morgan fingerprint density at radius 2 is 1.84 bits per heavy atom. The van der Waals surface area contributed by atoms with E-state index in [0.29, 0.717) is 30.1 Å². The number of hydrogen-bond donors (Lipinski definition) is 2. The number of ether oxygens (including phenoxy) is 1. The first-order valence-electron chi connectivity index (χ1n) is 10.3. The summed E-state index contributed by atoms with van der Waals surface area (Å²) in [6.45, 7) is 4.33. The van der Waals surface area contributed by atoms with Crippen molar-refractivity contribution in [3.8, 4) is 5.75 Å². The molecule has 0 unspecified atom stereocenters. The van der Waals surface area contributed by atoms with Gasteiger partial charge < -0.3 is 15.2 Å². The zero-order valence-corrected chi connectivity index (χ0v) is 17.9. The molecule has 0 aliphatic heterocycles. The summed E-state index contributed by atoms with van der Waals surface area (Å²) < 4.78 is 20.1. The van der Waals surface area contributed by atoms with Gasteiger partial charge in [-0.05, 0) is 55.3 Å². The lowest BCUT2D eigenvalue weighted by atomic mass is 10.1. The van der Waals surface area contributed by atoms with E-state index in [1.54, 1.807) is 12.1 Å². The Balaban J connectivity index is 1.69. The fourth-order valence-electron chi connectivity index (χ4n) is 3.20. The van der Waals surface area contributed by atoms with Crippen LogP contribution in [0.3, 0.4) is 0 Å². The lowest BCUT2D eigenvalue weighted by molar-refractivity contribution is 0.0696. The second kappa shape index (κ2) is 10.5. The number of carboxylic acids is 1. The Morgan fingerprint density at radius 1 is 1.16 bits per heavy atom. The van der Waals surface area contributed by atoms with Gasteiger partial charge in [0, 0.05) is 0 Å².